The Morgan fingerprint density at radius 1 is 1.09 bits per heavy atom. The summed E-state index contributed by atoms with van der Waals surface area (Å²) in [5, 5.41) is 2.69. The van der Waals surface area contributed by atoms with Gasteiger partial charge in [0, 0.05) is 0 Å². The normalized spacial score (nSPS) is 21.7. The van der Waals surface area contributed by atoms with Gasteiger partial charge in [-0.25, -0.2) is 4.39 Å². The molecule has 5 rings (SSSR count). The molecular formula is C22H16AsF3N6OS. The molecule has 172 valence electrons. The number of rotatable bonds is 4. The molecule has 0 unspecified atom stereocenters. The second-order valence-corrected chi connectivity index (χ2v) is 10.5. The number of hydrogen-bond acceptors (Lipinski definition) is 7. The first-order valence-electron chi connectivity index (χ1n) is 10.2. The summed E-state index contributed by atoms with van der Waals surface area (Å²) in [6, 6.07) is 6.71. The van der Waals surface area contributed by atoms with Gasteiger partial charge >= 0.3 is 202 Å². The summed E-state index contributed by atoms with van der Waals surface area (Å²) in [4.78, 5) is 31.2. The zero-order chi connectivity index (χ0) is 23.9. The van der Waals surface area contributed by atoms with Crippen molar-refractivity contribution in [2.75, 3.05) is 29.1 Å². The fourth-order valence-corrected chi connectivity index (χ4v) is 6.03. The summed E-state index contributed by atoms with van der Waals surface area (Å²) >= 11 is 3.97. The molecular weight excluding hydrogens is 528 g/mol. The summed E-state index contributed by atoms with van der Waals surface area (Å²) in [6.07, 6.45) is 3.14. The SMILES string of the molecule is O=C(Nc1ccc(F)c([C@]23CN(c4ncc(F)cn4)C[C@H]2CSC([As])=N3)c1)c1ccc(F)cn1. The summed E-state index contributed by atoms with van der Waals surface area (Å²) in [7, 11) is 0. The Morgan fingerprint density at radius 2 is 1.85 bits per heavy atom. The van der Waals surface area contributed by atoms with Gasteiger partial charge in [-0.2, -0.15) is 0 Å². The molecule has 34 heavy (non-hydrogen) atoms. The topological polar surface area (TPSA) is 83.4 Å². The van der Waals surface area contributed by atoms with Crippen LogP contribution in [0.2, 0.25) is 0 Å². The van der Waals surface area contributed by atoms with Crippen LogP contribution in [0, 0.1) is 23.4 Å². The zero-order valence-electron chi connectivity index (χ0n) is 17.5. The predicted octanol–water partition coefficient (Wildman–Crippen LogP) is 3.14. The van der Waals surface area contributed by atoms with Crippen LogP contribution in [0.15, 0.2) is 53.9 Å². The van der Waals surface area contributed by atoms with E-state index < -0.39 is 28.9 Å². The molecule has 0 spiro atoms. The average Bonchev–Trinajstić information content (AvgIpc) is 3.20. The van der Waals surface area contributed by atoms with Crippen LogP contribution < -0.4 is 10.2 Å². The van der Waals surface area contributed by atoms with Crippen LogP contribution in [0.5, 0.6) is 0 Å². The van der Waals surface area contributed by atoms with E-state index in [-0.39, 0.29) is 11.6 Å². The van der Waals surface area contributed by atoms with E-state index in [4.69, 9.17) is 4.99 Å². The molecule has 1 saturated heterocycles. The number of amides is 1. The number of halogens is 3. The third-order valence-electron chi connectivity index (χ3n) is 5.80. The Balaban J connectivity index is 1.50. The van der Waals surface area contributed by atoms with Gasteiger partial charge in [-0.15, -0.1) is 0 Å². The molecule has 2 atom stereocenters. The fraction of sp³-hybridized carbons (Fsp3) is 0.227. The molecule has 1 amide bonds. The molecule has 0 aliphatic carbocycles. The van der Waals surface area contributed by atoms with Crippen LogP contribution >= 0.6 is 11.8 Å². The number of thioether (sulfide) groups is 1. The van der Waals surface area contributed by atoms with Gasteiger partial charge in [-0.05, 0) is 0 Å². The van der Waals surface area contributed by atoms with Gasteiger partial charge < -0.3 is 0 Å². The third kappa shape index (κ3) is 4.30. The fourth-order valence-electron chi connectivity index (χ4n) is 4.22. The van der Waals surface area contributed by atoms with Crippen molar-refractivity contribution in [1.29, 1.82) is 0 Å². The summed E-state index contributed by atoms with van der Waals surface area (Å²) < 4.78 is 42.5. The van der Waals surface area contributed by atoms with Gasteiger partial charge in [0.1, 0.15) is 0 Å². The minimum atomic E-state index is -0.940. The van der Waals surface area contributed by atoms with Crippen LogP contribution in [0.1, 0.15) is 16.1 Å². The Bertz CT molecular complexity index is 1280. The molecule has 0 saturated carbocycles. The number of fused-ring (bicyclic) bond motifs is 1. The summed E-state index contributed by atoms with van der Waals surface area (Å²) in [5.41, 5.74) is -0.220. The number of anilines is 2. The number of aromatic nitrogens is 3. The quantitative estimate of drug-likeness (QED) is 0.509. The van der Waals surface area contributed by atoms with Crippen molar-refractivity contribution < 1.29 is 18.0 Å². The van der Waals surface area contributed by atoms with Crippen LogP contribution in [0.25, 0.3) is 0 Å². The predicted molar refractivity (Wildman–Crippen MR) is 124 cm³/mol. The number of benzene rings is 1. The Morgan fingerprint density at radius 3 is 2.59 bits per heavy atom. The first-order chi connectivity index (χ1) is 16.3. The van der Waals surface area contributed by atoms with E-state index in [1.807, 2.05) is 4.90 Å². The number of carbonyl (C=O) groups excluding carboxylic acids is 1. The molecule has 1 aromatic carbocycles. The van der Waals surface area contributed by atoms with E-state index in [9.17, 15) is 13.6 Å². The monoisotopic (exact) mass is 544 g/mol. The first kappa shape index (κ1) is 22.9. The maximum absolute atomic E-state index is 15.3. The second-order valence-electron chi connectivity index (χ2n) is 7.92. The average molecular weight is 544 g/mol. The molecule has 2 aromatic heterocycles. The maximum atomic E-state index is 15.3. The van der Waals surface area contributed by atoms with E-state index in [0.29, 0.717) is 36.0 Å². The van der Waals surface area contributed by atoms with Crippen molar-refractivity contribution in [1.82, 2.24) is 15.0 Å². The standard InChI is InChI=1S/C22H16AsF3N6OS/c23-20-31-22(11-32(9-12(22)10-34-20)21-28-7-14(25)8-29-21)16-5-15(2-3-17(16)26)30-19(33)18-4-1-13(24)6-27-18/h1-8,12H,9-11H2,(H,30,33)/t12-,22-/m0/s1. The van der Waals surface area contributed by atoms with Crippen LogP contribution in [-0.4, -0.2) is 60.4 Å². The first-order valence-corrected chi connectivity index (χ1v) is 12.1. The van der Waals surface area contributed by atoms with Gasteiger partial charge in [0.15, 0.2) is 0 Å². The van der Waals surface area contributed by atoms with Crippen molar-refractivity contribution in [2.24, 2.45) is 10.9 Å². The zero-order valence-corrected chi connectivity index (χ0v) is 20.1. The molecule has 7 nitrogen and oxygen atoms in total. The molecule has 2 aliphatic heterocycles. The van der Waals surface area contributed by atoms with Gasteiger partial charge in [0.2, 0.25) is 0 Å². The van der Waals surface area contributed by atoms with Crippen molar-refractivity contribution in [3.05, 3.63) is 77.6 Å². The van der Waals surface area contributed by atoms with Crippen molar-refractivity contribution >= 4 is 50.0 Å². The molecule has 12 heteroatoms. The number of aliphatic imine (C=N–C) groups is 1. The number of pyridine rings is 1. The van der Waals surface area contributed by atoms with Gasteiger partial charge in [0.25, 0.3) is 0 Å². The van der Waals surface area contributed by atoms with Crippen molar-refractivity contribution in [3.63, 3.8) is 0 Å². The second kappa shape index (κ2) is 9.03. The van der Waals surface area contributed by atoms with Gasteiger partial charge in [-0.3, -0.25) is 0 Å². The third-order valence-corrected chi connectivity index (χ3v) is 7.74. The van der Waals surface area contributed by atoms with E-state index in [1.165, 1.54) is 18.2 Å². The number of nitrogens with zero attached hydrogens (tertiary/aromatic N) is 5. The Labute approximate surface area is 205 Å². The molecule has 4 heterocycles. The van der Waals surface area contributed by atoms with Crippen LogP contribution in [0.4, 0.5) is 24.8 Å². The molecule has 2 radical (unpaired) electrons. The molecule has 1 N–H and O–H groups in total. The summed E-state index contributed by atoms with van der Waals surface area (Å²) in [5.74, 6) is -1.13. The Kier molecular flexibility index (Phi) is 6.07. The number of carbonyl (C=O) groups is 1. The number of hydrogen-bond donors (Lipinski definition) is 1. The van der Waals surface area contributed by atoms with E-state index in [1.54, 1.807) is 17.8 Å². The van der Waals surface area contributed by atoms with E-state index in [0.717, 1.165) is 28.5 Å². The van der Waals surface area contributed by atoms with Gasteiger partial charge in [-0.1, -0.05) is 0 Å². The number of nitrogens with one attached hydrogen (secondary N) is 1. The van der Waals surface area contributed by atoms with Crippen molar-refractivity contribution in [2.45, 2.75) is 5.54 Å². The molecule has 2 aliphatic rings. The van der Waals surface area contributed by atoms with Crippen molar-refractivity contribution in [3.8, 4) is 0 Å². The molecule has 1 fully saturated rings. The summed E-state index contributed by atoms with van der Waals surface area (Å²) in [6.45, 7) is 0.802. The van der Waals surface area contributed by atoms with E-state index >= 15 is 4.39 Å². The minimum absolute atomic E-state index is 0.0315. The Hall–Kier alpha value is -2.91. The van der Waals surface area contributed by atoms with E-state index in [2.05, 4.69) is 37.1 Å². The molecule has 0 bridgehead atoms. The molecule has 3 aromatic rings. The van der Waals surface area contributed by atoms with Crippen LogP contribution in [-0.2, 0) is 5.54 Å². The van der Waals surface area contributed by atoms with Crippen LogP contribution in [0.3, 0.4) is 0 Å². The van der Waals surface area contributed by atoms with Gasteiger partial charge in [0.05, 0.1) is 0 Å².